The SMILES string of the molecule is CCCCCCCCCCCCCC[N+](C)(C)CC(O)COC[C@H]1O[C@@H](OCCCCCCCCCCCC)[C@H](O)[C@@H](O)[C@@H]1O. The van der Waals surface area contributed by atoms with E-state index in [0.29, 0.717) is 13.2 Å². The summed E-state index contributed by atoms with van der Waals surface area (Å²) in [5, 5.41) is 41.8. The van der Waals surface area contributed by atoms with Gasteiger partial charge in [-0.15, -0.1) is 0 Å². The Morgan fingerprint density at radius 1 is 0.600 bits per heavy atom. The molecular weight excluding hydrogens is 570 g/mol. The molecule has 1 fully saturated rings. The number of hydrogen-bond donors (Lipinski definition) is 4. The zero-order valence-corrected chi connectivity index (χ0v) is 30.0. The summed E-state index contributed by atoms with van der Waals surface area (Å²) in [5.41, 5.74) is 0. The summed E-state index contributed by atoms with van der Waals surface area (Å²) in [6.45, 7) is 6.66. The van der Waals surface area contributed by atoms with Crippen molar-refractivity contribution in [2.75, 3.05) is 47.0 Å². The van der Waals surface area contributed by atoms with Gasteiger partial charge in [0.15, 0.2) is 6.29 Å². The molecule has 1 saturated heterocycles. The van der Waals surface area contributed by atoms with E-state index in [1.54, 1.807) is 0 Å². The van der Waals surface area contributed by atoms with E-state index in [2.05, 4.69) is 27.9 Å². The van der Waals surface area contributed by atoms with Crippen LogP contribution in [0, 0.1) is 0 Å². The maximum atomic E-state index is 10.6. The lowest BCUT2D eigenvalue weighted by Crippen LogP contribution is -2.59. The molecule has 1 heterocycles. The van der Waals surface area contributed by atoms with Crippen LogP contribution in [0.25, 0.3) is 0 Å². The van der Waals surface area contributed by atoms with Crippen molar-refractivity contribution in [2.45, 2.75) is 192 Å². The maximum Gasteiger partial charge on any atom is 0.186 e. The Bertz CT molecular complexity index is 652. The Morgan fingerprint density at radius 3 is 1.53 bits per heavy atom. The summed E-state index contributed by atoms with van der Waals surface area (Å²) in [7, 11) is 4.29. The molecule has 8 heteroatoms. The van der Waals surface area contributed by atoms with Crippen LogP contribution in [0.3, 0.4) is 0 Å². The van der Waals surface area contributed by atoms with Crippen molar-refractivity contribution in [1.82, 2.24) is 0 Å². The predicted octanol–water partition coefficient (Wildman–Crippen LogP) is 6.89. The van der Waals surface area contributed by atoms with Crippen molar-refractivity contribution < 1.29 is 39.1 Å². The summed E-state index contributed by atoms with van der Waals surface area (Å²) in [4.78, 5) is 0. The van der Waals surface area contributed by atoms with Crippen LogP contribution in [-0.4, -0.2) is 109 Å². The Balaban J connectivity index is 2.16. The van der Waals surface area contributed by atoms with Gasteiger partial charge in [-0.2, -0.15) is 0 Å². The molecule has 0 bridgehead atoms. The Kier molecular flexibility index (Phi) is 26.2. The molecule has 0 aromatic rings. The van der Waals surface area contributed by atoms with Gasteiger partial charge in [0.05, 0.1) is 33.9 Å². The minimum atomic E-state index is -1.37. The molecule has 6 atom stereocenters. The number of nitrogens with zero attached hydrogens (tertiary/aromatic N) is 1. The average molecular weight is 647 g/mol. The summed E-state index contributed by atoms with van der Waals surface area (Å²) in [6.07, 6.45) is 21.8. The first-order chi connectivity index (χ1) is 21.7. The van der Waals surface area contributed by atoms with E-state index in [9.17, 15) is 20.4 Å². The largest absolute Gasteiger partial charge is 0.387 e. The van der Waals surface area contributed by atoms with Crippen molar-refractivity contribution in [1.29, 1.82) is 0 Å². The second-order valence-corrected chi connectivity index (χ2v) is 14.5. The van der Waals surface area contributed by atoms with Crippen LogP contribution >= 0.6 is 0 Å². The molecule has 0 spiro atoms. The second kappa shape index (κ2) is 27.6. The van der Waals surface area contributed by atoms with Crippen LogP contribution in [0.5, 0.6) is 0 Å². The number of likely N-dealkylation sites (N-methyl/N-ethyl adjacent to an activating group) is 1. The fourth-order valence-corrected chi connectivity index (χ4v) is 6.40. The molecule has 1 unspecified atom stereocenters. The molecule has 1 rings (SSSR count). The molecule has 0 aliphatic carbocycles. The molecule has 8 nitrogen and oxygen atoms in total. The number of ether oxygens (including phenoxy) is 3. The molecule has 45 heavy (non-hydrogen) atoms. The first-order valence-electron chi connectivity index (χ1n) is 19.1. The molecular formula is C37H76NO7+. The third-order valence-corrected chi connectivity index (χ3v) is 9.36. The van der Waals surface area contributed by atoms with E-state index in [0.717, 1.165) is 30.3 Å². The minimum Gasteiger partial charge on any atom is -0.387 e. The highest BCUT2D eigenvalue weighted by molar-refractivity contribution is 4.89. The fraction of sp³-hybridized carbons (Fsp3) is 1.00. The van der Waals surface area contributed by atoms with Crippen LogP contribution in [-0.2, 0) is 14.2 Å². The monoisotopic (exact) mass is 647 g/mol. The zero-order valence-electron chi connectivity index (χ0n) is 30.0. The van der Waals surface area contributed by atoms with E-state index < -0.39 is 36.8 Å². The Morgan fingerprint density at radius 2 is 1.04 bits per heavy atom. The molecule has 0 aromatic heterocycles. The summed E-state index contributed by atoms with van der Waals surface area (Å²) >= 11 is 0. The van der Waals surface area contributed by atoms with Gasteiger partial charge in [0.25, 0.3) is 0 Å². The molecule has 1 aliphatic heterocycles. The van der Waals surface area contributed by atoms with E-state index in [1.165, 1.54) is 122 Å². The number of unbranched alkanes of at least 4 members (excludes halogenated alkanes) is 20. The normalized spacial score (nSPS) is 23.1. The Hall–Kier alpha value is -0.320. The van der Waals surface area contributed by atoms with Crippen LogP contribution in [0.4, 0.5) is 0 Å². The molecule has 0 radical (unpaired) electrons. The fourth-order valence-electron chi connectivity index (χ4n) is 6.40. The number of hydrogen-bond acceptors (Lipinski definition) is 7. The van der Waals surface area contributed by atoms with Gasteiger partial charge in [-0.1, -0.05) is 136 Å². The van der Waals surface area contributed by atoms with Gasteiger partial charge < -0.3 is 39.1 Å². The third kappa shape index (κ3) is 22.0. The lowest BCUT2D eigenvalue weighted by atomic mass is 9.99. The van der Waals surface area contributed by atoms with Crippen molar-refractivity contribution in [3.8, 4) is 0 Å². The van der Waals surface area contributed by atoms with Crippen LogP contribution in [0.1, 0.15) is 155 Å². The van der Waals surface area contributed by atoms with E-state index in [-0.39, 0.29) is 13.2 Å². The quantitative estimate of drug-likeness (QED) is 0.0480. The Labute approximate surface area is 277 Å². The molecule has 1 aliphatic rings. The topological polar surface area (TPSA) is 109 Å². The van der Waals surface area contributed by atoms with Gasteiger partial charge in [-0.05, 0) is 19.3 Å². The van der Waals surface area contributed by atoms with Gasteiger partial charge in [-0.25, -0.2) is 0 Å². The predicted molar refractivity (Wildman–Crippen MR) is 184 cm³/mol. The minimum absolute atomic E-state index is 0.00624. The highest BCUT2D eigenvalue weighted by Crippen LogP contribution is 2.23. The smallest absolute Gasteiger partial charge is 0.186 e. The molecule has 4 N–H and O–H groups in total. The first kappa shape index (κ1) is 42.7. The summed E-state index contributed by atoms with van der Waals surface area (Å²) in [5.74, 6) is 0. The lowest BCUT2D eigenvalue weighted by Gasteiger charge is -2.40. The number of quaternary nitrogens is 1. The van der Waals surface area contributed by atoms with Crippen LogP contribution < -0.4 is 0 Å². The van der Waals surface area contributed by atoms with E-state index in [1.807, 2.05) is 0 Å². The molecule has 0 aromatic carbocycles. The highest BCUT2D eigenvalue weighted by atomic mass is 16.7. The van der Waals surface area contributed by atoms with E-state index >= 15 is 0 Å². The van der Waals surface area contributed by atoms with Gasteiger partial charge in [0.2, 0.25) is 0 Å². The molecule has 0 saturated carbocycles. The molecule has 0 amide bonds. The standard InChI is InChI=1S/C37H76NO7/c1-5-7-9-11-13-15-17-18-19-21-23-25-27-38(3,4)29-32(39)30-43-31-33-34(40)35(41)36(42)37(45-33)44-28-26-24-22-20-16-14-12-10-8-6-2/h32-37,39-42H,5-31H2,1-4H3/q+1/t32?,33-,34-,35+,36-,37-/m1/s1. The van der Waals surface area contributed by atoms with E-state index in [4.69, 9.17) is 14.2 Å². The number of aliphatic hydroxyl groups excluding tert-OH is 4. The zero-order chi connectivity index (χ0) is 33.2. The second-order valence-electron chi connectivity index (χ2n) is 14.5. The van der Waals surface area contributed by atoms with Crippen molar-refractivity contribution in [3.05, 3.63) is 0 Å². The third-order valence-electron chi connectivity index (χ3n) is 9.36. The van der Waals surface area contributed by atoms with Crippen LogP contribution in [0.15, 0.2) is 0 Å². The summed E-state index contributed by atoms with van der Waals surface area (Å²) < 4.78 is 18.0. The van der Waals surface area contributed by atoms with Crippen molar-refractivity contribution in [2.24, 2.45) is 0 Å². The maximum absolute atomic E-state index is 10.6. The lowest BCUT2D eigenvalue weighted by molar-refractivity contribution is -0.893. The molecule has 270 valence electrons. The van der Waals surface area contributed by atoms with Crippen molar-refractivity contribution in [3.63, 3.8) is 0 Å². The summed E-state index contributed by atoms with van der Waals surface area (Å²) in [6, 6.07) is 0. The van der Waals surface area contributed by atoms with Gasteiger partial charge in [0.1, 0.15) is 37.1 Å². The average Bonchev–Trinajstić information content (AvgIpc) is 3.00. The number of rotatable bonds is 31. The van der Waals surface area contributed by atoms with Gasteiger partial charge >= 0.3 is 0 Å². The first-order valence-corrected chi connectivity index (χ1v) is 19.1. The number of aliphatic hydroxyl groups is 4. The van der Waals surface area contributed by atoms with Gasteiger partial charge in [0, 0.05) is 6.61 Å². The van der Waals surface area contributed by atoms with Gasteiger partial charge in [-0.3, -0.25) is 0 Å². The van der Waals surface area contributed by atoms with Crippen molar-refractivity contribution >= 4 is 0 Å². The van der Waals surface area contributed by atoms with Crippen LogP contribution in [0.2, 0.25) is 0 Å². The highest BCUT2D eigenvalue weighted by Gasteiger charge is 2.44.